The van der Waals surface area contributed by atoms with E-state index in [9.17, 15) is 24.0 Å². The molecule has 0 bridgehead atoms. The summed E-state index contributed by atoms with van der Waals surface area (Å²) in [4.78, 5) is 65.3. The normalized spacial score (nSPS) is 18.6. The second-order valence-electron chi connectivity index (χ2n) is 9.11. The Bertz CT molecular complexity index is 1250. The van der Waals surface area contributed by atoms with Gasteiger partial charge in [0.25, 0.3) is 11.8 Å². The molecule has 2 aliphatic heterocycles. The van der Waals surface area contributed by atoms with Crippen LogP contribution < -0.4 is 16.4 Å². The van der Waals surface area contributed by atoms with Crippen LogP contribution in [0.15, 0.2) is 48.5 Å². The molecule has 0 radical (unpaired) electrons. The largest absolute Gasteiger partial charge is 0.442 e. The van der Waals surface area contributed by atoms with E-state index < -0.39 is 36.6 Å². The molecule has 0 saturated carbocycles. The van der Waals surface area contributed by atoms with Crippen molar-refractivity contribution in [1.29, 1.82) is 0 Å². The molecule has 3 unspecified atom stereocenters. The average Bonchev–Trinajstić information content (AvgIpc) is 3.22. The summed E-state index contributed by atoms with van der Waals surface area (Å²) in [5.74, 6) is -2.09. The zero-order chi connectivity index (χ0) is 27.4. The lowest BCUT2D eigenvalue weighted by Gasteiger charge is -2.35. The predicted octanol–water partition coefficient (Wildman–Crippen LogP) is 2.13. The third kappa shape index (κ3) is 6.13. The Hall–Kier alpha value is -3.52. The molecule has 1 fully saturated rings. The van der Waals surface area contributed by atoms with Gasteiger partial charge in [-0.05, 0) is 35.7 Å². The molecule has 2 aromatic rings. The van der Waals surface area contributed by atoms with E-state index >= 15 is 0 Å². The lowest BCUT2D eigenvalue weighted by molar-refractivity contribution is -0.164. The number of nitrogens with one attached hydrogen (secondary N) is 2. The van der Waals surface area contributed by atoms with Gasteiger partial charge in [0.15, 0.2) is 6.73 Å². The molecule has 0 aromatic heterocycles. The molecule has 2 heterocycles. The van der Waals surface area contributed by atoms with Crippen LogP contribution in [0, 0.1) is 0 Å². The van der Waals surface area contributed by atoms with Crippen LogP contribution >= 0.6 is 22.6 Å². The van der Waals surface area contributed by atoms with E-state index in [-0.39, 0.29) is 41.8 Å². The van der Waals surface area contributed by atoms with Crippen molar-refractivity contribution in [1.82, 2.24) is 15.1 Å². The summed E-state index contributed by atoms with van der Waals surface area (Å²) in [6.07, 6.45) is 0.217. The SMILES string of the molecule is CC(I)C(N)C(=O)OCN1C(=O)CCC(N2Cc3cc(CNC(=O)Nc4ccccc4)ccc3C2=O)C1=O. The molecule has 0 aliphatic carbocycles. The van der Waals surface area contributed by atoms with Crippen LogP contribution in [-0.2, 0) is 32.2 Å². The molecule has 4 rings (SSSR count). The molecule has 3 atom stereocenters. The van der Waals surface area contributed by atoms with Crippen LogP contribution in [0.2, 0.25) is 0 Å². The van der Waals surface area contributed by atoms with Gasteiger partial charge in [0.1, 0.15) is 12.1 Å². The zero-order valence-electron chi connectivity index (χ0n) is 20.7. The number of para-hydroxylation sites is 1. The molecule has 2 aromatic carbocycles. The number of nitrogens with two attached hydrogens (primary N) is 1. The highest BCUT2D eigenvalue weighted by Gasteiger charge is 2.43. The Morgan fingerprint density at radius 3 is 2.61 bits per heavy atom. The first-order valence-electron chi connectivity index (χ1n) is 12.1. The summed E-state index contributed by atoms with van der Waals surface area (Å²) in [7, 11) is 0. The van der Waals surface area contributed by atoms with Gasteiger partial charge < -0.3 is 26.0 Å². The van der Waals surface area contributed by atoms with Crippen LogP contribution in [0.1, 0.15) is 41.3 Å². The molecule has 0 spiro atoms. The number of anilines is 1. The Morgan fingerprint density at radius 1 is 1.16 bits per heavy atom. The quantitative estimate of drug-likeness (QED) is 0.175. The van der Waals surface area contributed by atoms with E-state index in [2.05, 4.69) is 10.6 Å². The number of carbonyl (C=O) groups is 5. The van der Waals surface area contributed by atoms with Gasteiger partial charge in [-0.25, -0.2) is 9.69 Å². The van der Waals surface area contributed by atoms with Gasteiger partial charge in [-0.2, -0.15) is 0 Å². The minimum atomic E-state index is -0.885. The molecule has 12 heteroatoms. The second-order valence-corrected chi connectivity index (χ2v) is 11.1. The number of benzene rings is 2. The number of halogens is 1. The number of rotatable bonds is 8. The topological polar surface area (TPSA) is 151 Å². The number of alkyl halides is 1. The van der Waals surface area contributed by atoms with Crippen LogP contribution in [0.25, 0.3) is 0 Å². The van der Waals surface area contributed by atoms with Gasteiger partial charge in [0.05, 0.1) is 0 Å². The van der Waals surface area contributed by atoms with E-state index in [1.165, 1.54) is 4.90 Å². The number of hydrogen-bond donors (Lipinski definition) is 3. The van der Waals surface area contributed by atoms with Crippen molar-refractivity contribution in [3.63, 3.8) is 0 Å². The smallest absolute Gasteiger partial charge is 0.325 e. The number of fused-ring (bicyclic) bond motifs is 1. The number of imide groups is 1. The van der Waals surface area contributed by atoms with Gasteiger partial charge in [-0.3, -0.25) is 19.2 Å². The highest BCUT2D eigenvalue weighted by Crippen LogP contribution is 2.30. The summed E-state index contributed by atoms with van der Waals surface area (Å²) in [5.41, 5.74) is 8.42. The van der Waals surface area contributed by atoms with Gasteiger partial charge in [-0.15, -0.1) is 0 Å². The van der Waals surface area contributed by atoms with Gasteiger partial charge in [-0.1, -0.05) is 59.8 Å². The third-order valence-corrected chi connectivity index (χ3v) is 7.22. The van der Waals surface area contributed by atoms with Crippen molar-refractivity contribution in [2.75, 3.05) is 12.0 Å². The van der Waals surface area contributed by atoms with E-state index in [4.69, 9.17) is 10.5 Å². The van der Waals surface area contributed by atoms with Crippen molar-refractivity contribution in [3.05, 3.63) is 65.2 Å². The summed E-state index contributed by atoms with van der Waals surface area (Å²) in [6, 6.07) is 12.2. The summed E-state index contributed by atoms with van der Waals surface area (Å²) in [5, 5.41) is 5.52. The van der Waals surface area contributed by atoms with Crippen LogP contribution in [-0.4, -0.2) is 62.3 Å². The zero-order valence-corrected chi connectivity index (χ0v) is 22.8. The van der Waals surface area contributed by atoms with Crippen LogP contribution in [0.5, 0.6) is 0 Å². The lowest BCUT2D eigenvalue weighted by Crippen LogP contribution is -2.55. The average molecular weight is 633 g/mol. The van der Waals surface area contributed by atoms with Gasteiger partial charge >= 0.3 is 12.0 Å². The molecular weight excluding hydrogens is 605 g/mol. The Balaban J connectivity index is 1.37. The Labute approximate surface area is 233 Å². The molecule has 38 heavy (non-hydrogen) atoms. The number of nitrogens with zero attached hydrogens (tertiary/aromatic N) is 2. The Kier molecular flexibility index (Phi) is 8.62. The number of urea groups is 1. The molecular formula is C26H28IN5O6. The van der Waals surface area contributed by atoms with E-state index in [0.717, 1.165) is 16.0 Å². The predicted molar refractivity (Wildman–Crippen MR) is 146 cm³/mol. The first-order valence-corrected chi connectivity index (χ1v) is 13.3. The molecule has 5 amide bonds. The number of hydrogen-bond acceptors (Lipinski definition) is 7. The first-order chi connectivity index (χ1) is 18.2. The highest BCUT2D eigenvalue weighted by atomic mass is 127. The molecule has 1 saturated heterocycles. The molecule has 2 aliphatic rings. The molecule has 4 N–H and O–H groups in total. The monoisotopic (exact) mass is 633 g/mol. The number of likely N-dealkylation sites (tertiary alicyclic amines) is 1. The molecule has 11 nitrogen and oxygen atoms in total. The first kappa shape index (κ1) is 27.5. The standard InChI is InChI=1S/C26H28IN5O6/c1-15(27)22(28)25(36)38-14-32-21(33)10-9-20(24(32)35)31-13-17-11-16(7-8-19(17)23(31)34)12-29-26(37)30-18-5-3-2-4-6-18/h2-8,11,15,20,22H,9-10,12-14,28H2,1H3,(H2,29,30,37). The lowest BCUT2D eigenvalue weighted by atomic mass is 10.0. The number of amides is 5. The van der Waals surface area contributed by atoms with E-state index in [0.29, 0.717) is 11.3 Å². The van der Waals surface area contributed by atoms with Crippen molar-refractivity contribution in [2.45, 2.75) is 48.9 Å². The van der Waals surface area contributed by atoms with Crippen molar-refractivity contribution >= 4 is 58.0 Å². The maximum atomic E-state index is 13.2. The summed E-state index contributed by atoms with van der Waals surface area (Å²) >= 11 is 1.99. The third-order valence-electron chi connectivity index (χ3n) is 6.45. The molecule has 200 valence electrons. The van der Waals surface area contributed by atoms with Crippen molar-refractivity contribution in [2.24, 2.45) is 5.73 Å². The number of piperidine rings is 1. The summed E-state index contributed by atoms with van der Waals surface area (Å²) in [6.45, 7) is 1.64. The fraction of sp³-hybridized carbons (Fsp3) is 0.346. The second kappa shape index (κ2) is 11.9. The number of ether oxygens (including phenoxy) is 1. The Morgan fingerprint density at radius 2 is 1.89 bits per heavy atom. The highest BCUT2D eigenvalue weighted by molar-refractivity contribution is 14.1. The van der Waals surface area contributed by atoms with E-state index in [1.807, 2.05) is 46.9 Å². The van der Waals surface area contributed by atoms with Crippen LogP contribution in [0.4, 0.5) is 10.5 Å². The minimum Gasteiger partial charge on any atom is -0.442 e. The van der Waals surface area contributed by atoms with Crippen LogP contribution in [0.3, 0.4) is 0 Å². The maximum Gasteiger partial charge on any atom is 0.325 e. The number of esters is 1. The maximum absolute atomic E-state index is 13.2. The summed E-state index contributed by atoms with van der Waals surface area (Å²) < 4.78 is 4.92. The van der Waals surface area contributed by atoms with Gasteiger partial charge in [0, 0.05) is 34.7 Å². The number of carbonyl (C=O) groups excluding carboxylic acids is 5. The fourth-order valence-corrected chi connectivity index (χ4v) is 4.59. The van der Waals surface area contributed by atoms with E-state index in [1.54, 1.807) is 31.2 Å². The minimum absolute atomic E-state index is 0.0362. The fourth-order valence-electron chi connectivity index (χ4n) is 4.30. The van der Waals surface area contributed by atoms with Crippen molar-refractivity contribution in [3.8, 4) is 0 Å². The van der Waals surface area contributed by atoms with Crippen molar-refractivity contribution < 1.29 is 28.7 Å². The van der Waals surface area contributed by atoms with Gasteiger partial charge in [0.2, 0.25) is 5.91 Å².